The number of carbonyl (C=O) groups excluding carboxylic acids is 1. The largest absolute Gasteiger partial charge is 0.467 e. The molecule has 190 valence electrons. The minimum absolute atomic E-state index is 0.0309. The second-order valence-corrected chi connectivity index (χ2v) is 7.80. The van der Waals surface area contributed by atoms with E-state index < -0.39 is 53.4 Å². The van der Waals surface area contributed by atoms with Gasteiger partial charge in [-0.3, -0.25) is 4.79 Å². The molecule has 2 unspecified atom stereocenters. The number of ether oxygens (including phenoxy) is 2. The lowest BCUT2D eigenvalue weighted by Crippen LogP contribution is -2.46. The maximum atomic E-state index is 14.7. The second kappa shape index (κ2) is 9.39. The highest BCUT2D eigenvalue weighted by atomic mass is 19.4. The molecule has 1 aliphatic heterocycles. The molecule has 0 bridgehead atoms. The number of halogens is 5. The highest BCUT2D eigenvalue weighted by Crippen LogP contribution is 2.41. The van der Waals surface area contributed by atoms with Crippen LogP contribution in [0.2, 0.25) is 0 Å². The summed E-state index contributed by atoms with van der Waals surface area (Å²) < 4.78 is 83.6. The number of benzene rings is 1. The average Bonchev–Trinajstić information content (AvgIpc) is 3.33. The Balaban J connectivity index is 1.53. The Labute approximate surface area is 199 Å². The maximum absolute atomic E-state index is 14.7. The number of amidine groups is 1. The number of nitrogens with two attached hydrogens (primary N) is 1. The smallest absolute Gasteiger partial charge is 0.425 e. The molecule has 0 radical (unpaired) electrons. The summed E-state index contributed by atoms with van der Waals surface area (Å²) in [5.74, 6) is -3.37. The first-order chi connectivity index (χ1) is 16.9. The molecule has 4 rings (SSSR count). The molecule has 15 heteroatoms. The molecule has 36 heavy (non-hydrogen) atoms. The Kier molecular flexibility index (Phi) is 6.47. The Bertz CT molecular complexity index is 1280. The van der Waals surface area contributed by atoms with E-state index in [-0.39, 0.29) is 23.9 Å². The van der Waals surface area contributed by atoms with Crippen molar-refractivity contribution >= 4 is 17.6 Å². The van der Waals surface area contributed by atoms with Gasteiger partial charge in [-0.25, -0.2) is 28.7 Å². The minimum atomic E-state index is -4.83. The normalized spacial score (nSPS) is 19.8. The number of oxazole rings is 1. The van der Waals surface area contributed by atoms with Crippen LogP contribution >= 0.6 is 0 Å². The van der Waals surface area contributed by atoms with E-state index in [0.717, 1.165) is 25.4 Å². The fraction of sp³-hybridized carbons (Fsp3) is 0.286. The molecule has 1 aromatic carbocycles. The number of carbonyl (C=O) groups is 1. The van der Waals surface area contributed by atoms with Crippen LogP contribution in [0.25, 0.3) is 0 Å². The van der Waals surface area contributed by atoms with Gasteiger partial charge in [0.1, 0.15) is 12.0 Å². The van der Waals surface area contributed by atoms with Crippen LogP contribution in [0.3, 0.4) is 0 Å². The standard InChI is InChI=1S/C21H17F5N6O4/c1-20(6-14(21(24,25)26)36-19(27)32-20)11-4-10(5-12(22)17(11)23)31-18(33)13-7-30-15(8-29-13)35-9-16-28-2-3-34-16/h2-5,7-8,14H,6,9H2,1H3,(H2,27,32)(H,31,33). The molecule has 3 heterocycles. The van der Waals surface area contributed by atoms with Crippen LogP contribution in [0.15, 0.2) is 46.4 Å². The molecule has 0 saturated heterocycles. The van der Waals surface area contributed by atoms with Crippen molar-refractivity contribution in [3.8, 4) is 5.88 Å². The van der Waals surface area contributed by atoms with Crippen LogP contribution in [0, 0.1) is 11.6 Å². The van der Waals surface area contributed by atoms with E-state index in [0.29, 0.717) is 12.0 Å². The molecule has 1 aliphatic rings. The number of alkyl halides is 3. The molecule has 0 saturated carbocycles. The van der Waals surface area contributed by atoms with Crippen molar-refractivity contribution in [1.82, 2.24) is 15.0 Å². The number of aromatic nitrogens is 3. The van der Waals surface area contributed by atoms with E-state index >= 15 is 0 Å². The van der Waals surface area contributed by atoms with Crippen molar-refractivity contribution in [2.45, 2.75) is 37.8 Å². The number of nitrogens with zero attached hydrogens (tertiary/aromatic N) is 4. The Morgan fingerprint density at radius 3 is 2.67 bits per heavy atom. The summed E-state index contributed by atoms with van der Waals surface area (Å²) in [6, 6.07) is 0.794. The first-order valence-electron chi connectivity index (χ1n) is 10.2. The number of hydrogen-bond acceptors (Lipinski definition) is 9. The third-order valence-electron chi connectivity index (χ3n) is 5.12. The summed E-state index contributed by atoms with van der Waals surface area (Å²) in [7, 11) is 0. The van der Waals surface area contributed by atoms with Crippen LogP contribution < -0.4 is 15.8 Å². The lowest BCUT2D eigenvalue weighted by Gasteiger charge is -2.36. The summed E-state index contributed by atoms with van der Waals surface area (Å²) >= 11 is 0. The van der Waals surface area contributed by atoms with Crippen molar-refractivity contribution in [1.29, 1.82) is 0 Å². The number of aliphatic imine (C=N–C) groups is 1. The Morgan fingerprint density at radius 2 is 2.03 bits per heavy atom. The van der Waals surface area contributed by atoms with Gasteiger partial charge in [0.2, 0.25) is 11.8 Å². The quantitative estimate of drug-likeness (QED) is 0.479. The van der Waals surface area contributed by atoms with Gasteiger partial charge in [-0.05, 0) is 13.0 Å². The summed E-state index contributed by atoms with van der Waals surface area (Å²) in [5, 5.41) is 2.30. The summed E-state index contributed by atoms with van der Waals surface area (Å²) in [5.41, 5.74) is 2.43. The van der Waals surface area contributed by atoms with Gasteiger partial charge in [0, 0.05) is 23.7 Å². The van der Waals surface area contributed by atoms with Crippen molar-refractivity contribution < 1.29 is 40.6 Å². The number of rotatable bonds is 6. The Morgan fingerprint density at radius 1 is 1.25 bits per heavy atom. The first kappa shape index (κ1) is 24.8. The predicted octanol–water partition coefficient (Wildman–Crippen LogP) is 3.46. The monoisotopic (exact) mass is 512 g/mol. The van der Waals surface area contributed by atoms with E-state index in [1.165, 1.54) is 12.5 Å². The van der Waals surface area contributed by atoms with Gasteiger partial charge < -0.3 is 24.9 Å². The van der Waals surface area contributed by atoms with Gasteiger partial charge in [0.05, 0.1) is 24.1 Å². The van der Waals surface area contributed by atoms with Crippen molar-refractivity contribution in [2.24, 2.45) is 10.7 Å². The lowest BCUT2D eigenvalue weighted by atomic mass is 9.85. The molecule has 2 aromatic heterocycles. The summed E-state index contributed by atoms with van der Waals surface area (Å²) in [6.45, 7) is 1.11. The predicted molar refractivity (Wildman–Crippen MR) is 112 cm³/mol. The summed E-state index contributed by atoms with van der Waals surface area (Å²) in [6.07, 6.45) is -3.08. The second-order valence-electron chi connectivity index (χ2n) is 7.80. The topological polar surface area (TPSA) is 138 Å². The number of amides is 1. The van der Waals surface area contributed by atoms with E-state index in [4.69, 9.17) is 14.9 Å². The highest BCUT2D eigenvalue weighted by molar-refractivity contribution is 6.02. The van der Waals surface area contributed by atoms with Crippen molar-refractivity contribution in [3.63, 3.8) is 0 Å². The molecule has 3 N–H and O–H groups in total. The van der Waals surface area contributed by atoms with Crippen LogP contribution in [-0.4, -0.2) is 39.2 Å². The molecule has 3 aromatic rings. The van der Waals surface area contributed by atoms with Crippen LogP contribution in [-0.2, 0) is 16.9 Å². The van der Waals surface area contributed by atoms with Gasteiger partial charge in [-0.1, -0.05) is 0 Å². The summed E-state index contributed by atoms with van der Waals surface area (Å²) in [4.78, 5) is 28.0. The molecule has 10 nitrogen and oxygen atoms in total. The number of nitrogens with one attached hydrogen (secondary N) is 1. The van der Waals surface area contributed by atoms with Crippen LogP contribution in [0.5, 0.6) is 5.88 Å². The van der Waals surface area contributed by atoms with Gasteiger partial charge >= 0.3 is 6.18 Å². The average molecular weight is 512 g/mol. The van der Waals surface area contributed by atoms with E-state index in [9.17, 15) is 26.7 Å². The molecule has 2 atom stereocenters. The van der Waals surface area contributed by atoms with E-state index in [2.05, 4.69) is 30.0 Å². The zero-order chi connectivity index (χ0) is 26.1. The van der Waals surface area contributed by atoms with Crippen LogP contribution in [0.1, 0.15) is 35.3 Å². The molecule has 1 amide bonds. The molecular weight excluding hydrogens is 495 g/mol. The third kappa shape index (κ3) is 5.34. The Hall–Kier alpha value is -4.30. The number of anilines is 1. The minimum Gasteiger partial charge on any atom is -0.467 e. The zero-order valence-corrected chi connectivity index (χ0v) is 18.3. The van der Waals surface area contributed by atoms with Gasteiger partial charge in [0.25, 0.3) is 11.9 Å². The van der Waals surface area contributed by atoms with Crippen molar-refractivity contribution in [3.05, 3.63) is 65.8 Å². The molecule has 0 fully saturated rings. The number of hydrogen-bond donors (Lipinski definition) is 2. The molecular formula is C21H17F5N6O4. The lowest BCUT2D eigenvalue weighted by molar-refractivity contribution is -0.208. The van der Waals surface area contributed by atoms with Gasteiger partial charge in [0.15, 0.2) is 24.3 Å². The zero-order valence-electron chi connectivity index (χ0n) is 18.3. The fourth-order valence-electron chi connectivity index (χ4n) is 3.43. The van der Waals surface area contributed by atoms with E-state index in [1.807, 2.05) is 0 Å². The molecule has 0 spiro atoms. The van der Waals surface area contributed by atoms with Gasteiger partial charge in [-0.15, -0.1) is 0 Å². The van der Waals surface area contributed by atoms with Gasteiger partial charge in [-0.2, -0.15) is 13.2 Å². The fourth-order valence-corrected chi connectivity index (χ4v) is 3.43. The SMILES string of the molecule is CC1(c2cc(NC(=O)c3cnc(OCc4ncco4)cn3)cc(F)c2F)CC(C(F)(F)F)OC(N)=N1. The first-order valence-corrected chi connectivity index (χ1v) is 10.2. The maximum Gasteiger partial charge on any atom is 0.425 e. The third-order valence-corrected chi connectivity index (χ3v) is 5.12. The van der Waals surface area contributed by atoms with Crippen molar-refractivity contribution in [2.75, 3.05) is 5.32 Å². The molecule has 0 aliphatic carbocycles. The highest BCUT2D eigenvalue weighted by Gasteiger charge is 2.50. The van der Waals surface area contributed by atoms with Crippen LogP contribution in [0.4, 0.5) is 27.6 Å². The van der Waals surface area contributed by atoms with E-state index in [1.54, 1.807) is 0 Å².